The molecule has 0 spiro atoms. The third kappa shape index (κ3) is 18.7. The van der Waals surface area contributed by atoms with Crippen LogP contribution in [0.4, 0.5) is 0 Å². The molecule has 7 heteroatoms. The summed E-state index contributed by atoms with van der Waals surface area (Å²) < 4.78 is 22.4. The molecule has 0 heterocycles. The first-order chi connectivity index (χ1) is 14.3. The Morgan fingerprint density at radius 2 is 0.806 bits per heavy atom. The molecule has 0 aromatic heterocycles. The molecule has 0 rings (SSSR count). The first kappa shape index (κ1) is 36.2. The second kappa shape index (κ2) is 25.2. The molecule has 0 aliphatic rings. The molecule has 0 bridgehead atoms. The van der Waals surface area contributed by atoms with Gasteiger partial charge in [0.05, 0.1) is 0 Å². The monoisotopic (exact) mass is 522 g/mol. The summed E-state index contributed by atoms with van der Waals surface area (Å²) >= 11 is 0. The third-order valence-electron chi connectivity index (χ3n) is 6.24. The zero-order chi connectivity index (χ0) is 23.4. The Hall–Kier alpha value is 0.614. The minimum Gasteiger partial charge on any atom is -0.595 e. The molecule has 0 aromatic carbocycles. The van der Waals surface area contributed by atoms with Crippen LogP contribution in [0.3, 0.4) is 0 Å². The standard InChI is InChI=1S/2C12H25O2P.Ni/c2*1-4-7-9-11(6-3)12(15(13)14)10-8-5-2;/h2*11-12H,4-10H2,1-3H3;/q;;+2. The number of rotatable bonds is 18. The Morgan fingerprint density at radius 1 is 0.548 bits per heavy atom. The van der Waals surface area contributed by atoms with Gasteiger partial charge < -0.3 is 9.79 Å². The van der Waals surface area contributed by atoms with Crippen molar-refractivity contribution in [1.82, 2.24) is 0 Å². The molecule has 0 fully saturated rings. The van der Waals surface area contributed by atoms with E-state index < -0.39 is 16.1 Å². The van der Waals surface area contributed by atoms with Gasteiger partial charge in [-0.05, 0) is 51.4 Å². The molecule has 4 nitrogen and oxygen atoms in total. The number of hydrogen-bond acceptors (Lipinski definition) is 4. The number of hydrogen-bond donors (Lipinski definition) is 0. The Balaban J connectivity index is -0.000000490. The van der Waals surface area contributed by atoms with Crippen LogP contribution in [0.25, 0.3) is 0 Å². The summed E-state index contributed by atoms with van der Waals surface area (Å²) in [6, 6.07) is 0. The minimum atomic E-state index is -2.24. The summed E-state index contributed by atoms with van der Waals surface area (Å²) in [7, 11) is -4.47. The van der Waals surface area contributed by atoms with Gasteiger partial charge in [0.2, 0.25) is 0 Å². The van der Waals surface area contributed by atoms with Gasteiger partial charge in [-0.15, -0.1) is 0 Å². The summed E-state index contributed by atoms with van der Waals surface area (Å²) in [6.07, 6.45) is 14.7. The van der Waals surface area contributed by atoms with Crippen molar-refractivity contribution >= 4 is 16.1 Å². The van der Waals surface area contributed by atoms with Crippen molar-refractivity contribution in [3.63, 3.8) is 0 Å². The van der Waals surface area contributed by atoms with Crippen molar-refractivity contribution in [2.75, 3.05) is 0 Å². The van der Waals surface area contributed by atoms with Gasteiger partial charge in [-0.3, -0.25) is 0 Å². The second-order valence-electron chi connectivity index (χ2n) is 8.61. The Labute approximate surface area is 205 Å². The molecular formula is C24H50NiO4P2+2. The van der Waals surface area contributed by atoms with E-state index in [1.807, 2.05) is 0 Å². The third-order valence-corrected chi connectivity index (χ3v) is 8.69. The molecule has 6 atom stereocenters. The molecule has 0 amide bonds. The largest absolute Gasteiger partial charge is 2.00 e. The maximum Gasteiger partial charge on any atom is 2.00 e. The fourth-order valence-corrected chi connectivity index (χ4v) is 6.32. The van der Waals surface area contributed by atoms with Crippen molar-refractivity contribution in [3.8, 4) is 0 Å². The van der Waals surface area contributed by atoms with Crippen LogP contribution >= 0.6 is 16.1 Å². The zero-order valence-electron chi connectivity index (χ0n) is 21.1. The summed E-state index contributed by atoms with van der Waals surface area (Å²) in [5.74, 6) is 0.773. The Morgan fingerprint density at radius 3 is 1.00 bits per heavy atom. The molecule has 0 saturated heterocycles. The van der Waals surface area contributed by atoms with E-state index >= 15 is 0 Å². The van der Waals surface area contributed by atoms with Gasteiger partial charge >= 0.3 is 32.5 Å². The smallest absolute Gasteiger partial charge is 0.595 e. The Kier molecular flexibility index (Phi) is 29.5. The summed E-state index contributed by atoms with van der Waals surface area (Å²) in [4.78, 5) is 22.4. The molecule has 0 aliphatic heterocycles. The van der Waals surface area contributed by atoms with Crippen LogP contribution in [0.1, 0.15) is 131 Å². The van der Waals surface area contributed by atoms with E-state index in [-0.39, 0.29) is 27.8 Å². The molecule has 0 aliphatic carbocycles. The quantitative estimate of drug-likeness (QED) is 0.136. The SMILES string of the molecule is CCCCC(CC)C(CCCC)[P+](=O)[O-].CCCCC(CC)C(CCCC)[P+](=O)[O-].[Ni+2]. The fraction of sp³-hybridized carbons (Fsp3) is 1.00. The zero-order valence-corrected chi connectivity index (χ0v) is 23.8. The maximum atomic E-state index is 11.2. The van der Waals surface area contributed by atoms with E-state index in [1.54, 1.807) is 0 Å². The normalized spacial score (nSPS) is 15.6. The van der Waals surface area contributed by atoms with Crippen molar-refractivity contribution in [2.45, 2.75) is 143 Å². The van der Waals surface area contributed by atoms with E-state index in [9.17, 15) is 18.9 Å². The predicted molar refractivity (Wildman–Crippen MR) is 128 cm³/mol. The van der Waals surface area contributed by atoms with Crippen LogP contribution in [-0.2, 0) is 25.6 Å². The molecule has 188 valence electrons. The summed E-state index contributed by atoms with van der Waals surface area (Å²) in [6.45, 7) is 12.8. The molecule has 0 saturated carbocycles. The van der Waals surface area contributed by atoms with Crippen LogP contribution in [0.2, 0.25) is 0 Å². The van der Waals surface area contributed by atoms with Gasteiger partial charge in [-0.2, -0.15) is 0 Å². The molecule has 0 N–H and O–H groups in total. The number of unbranched alkanes of at least 4 members (excludes halogenated alkanes) is 4. The van der Waals surface area contributed by atoms with Crippen molar-refractivity contribution in [3.05, 3.63) is 0 Å². The average Bonchev–Trinajstić information content (AvgIpc) is 2.72. The molecule has 0 radical (unpaired) electrons. The molecule has 31 heavy (non-hydrogen) atoms. The first-order valence-electron chi connectivity index (χ1n) is 12.6. The molecular weight excluding hydrogens is 473 g/mol. The van der Waals surface area contributed by atoms with Crippen molar-refractivity contribution in [1.29, 1.82) is 0 Å². The van der Waals surface area contributed by atoms with Gasteiger partial charge in [0.25, 0.3) is 0 Å². The van der Waals surface area contributed by atoms with E-state index in [0.717, 1.165) is 89.9 Å². The van der Waals surface area contributed by atoms with Crippen LogP contribution < -0.4 is 9.79 Å². The van der Waals surface area contributed by atoms with Gasteiger partial charge in [-0.25, -0.2) is 0 Å². The van der Waals surface area contributed by atoms with E-state index in [1.165, 1.54) is 0 Å². The van der Waals surface area contributed by atoms with E-state index in [0.29, 0.717) is 11.8 Å². The molecule has 6 unspecified atom stereocenters. The fourth-order valence-electron chi connectivity index (χ4n) is 4.12. The second-order valence-corrected chi connectivity index (χ2v) is 11.1. The first-order valence-corrected chi connectivity index (χ1v) is 15.1. The minimum absolute atomic E-state index is 0. The summed E-state index contributed by atoms with van der Waals surface area (Å²) in [5.41, 5.74) is -0.145. The van der Waals surface area contributed by atoms with E-state index in [4.69, 9.17) is 0 Å². The Bertz CT molecular complexity index is 386. The van der Waals surface area contributed by atoms with Crippen molar-refractivity contribution < 1.29 is 35.4 Å². The summed E-state index contributed by atoms with van der Waals surface area (Å²) in [5, 5.41) is 0. The van der Waals surface area contributed by atoms with Crippen molar-refractivity contribution in [2.24, 2.45) is 11.8 Å². The van der Waals surface area contributed by atoms with Gasteiger partial charge in [0.1, 0.15) is 0 Å². The molecule has 0 aromatic rings. The predicted octanol–water partition coefficient (Wildman–Crippen LogP) is 7.73. The van der Waals surface area contributed by atoms with Gasteiger partial charge in [0.15, 0.2) is 11.3 Å². The average molecular weight is 523 g/mol. The van der Waals surface area contributed by atoms with Gasteiger partial charge in [-0.1, -0.05) is 89.2 Å². The van der Waals surface area contributed by atoms with Crippen LogP contribution in [0.15, 0.2) is 0 Å². The van der Waals surface area contributed by atoms with Crippen LogP contribution in [0, 0.1) is 11.8 Å². The maximum absolute atomic E-state index is 11.2. The van der Waals surface area contributed by atoms with Gasteiger partial charge in [0, 0.05) is 11.8 Å². The van der Waals surface area contributed by atoms with Crippen LogP contribution in [0.5, 0.6) is 0 Å². The van der Waals surface area contributed by atoms with Crippen LogP contribution in [-0.4, -0.2) is 11.3 Å². The topological polar surface area (TPSA) is 80.3 Å². The van der Waals surface area contributed by atoms with E-state index in [2.05, 4.69) is 41.5 Å².